The largest absolute Gasteiger partial charge is 0.453 e. The highest BCUT2D eigenvalue weighted by atomic mass is 79.9. The smallest absolute Gasteiger partial charge is 0.169 e. The molecule has 1 aromatic rings. The number of nitrogens with one attached hydrogen (secondary N) is 1. The zero-order valence-corrected chi connectivity index (χ0v) is 9.14. The molecular weight excluding hydrogens is 230 g/mol. The van der Waals surface area contributed by atoms with Crippen LogP contribution >= 0.6 is 15.9 Å². The van der Waals surface area contributed by atoms with Crippen LogP contribution in [0.2, 0.25) is 0 Å². The lowest BCUT2D eigenvalue weighted by Crippen LogP contribution is -2.14. The van der Waals surface area contributed by atoms with E-state index in [1.54, 1.807) is 0 Å². The summed E-state index contributed by atoms with van der Waals surface area (Å²) in [6, 6.07) is 3.92. The van der Waals surface area contributed by atoms with Crippen molar-refractivity contribution in [2.75, 3.05) is 6.54 Å². The van der Waals surface area contributed by atoms with E-state index in [9.17, 15) is 0 Å². The second kappa shape index (κ2) is 4.29. The Hall–Kier alpha value is -0.280. The predicted octanol–water partition coefficient (Wildman–Crippen LogP) is 2.93. The molecule has 2 rings (SSSR count). The standard InChI is InChI=1S/C10H14BrNO/c11-10-4-3-9(13-10)7-12-6-5-8-1-2-8/h3-4,8,12H,1-2,5-7H2. The van der Waals surface area contributed by atoms with Crippen LogP contribution in [0.25, 0.3) is 0 Å². The third kappa shape index (κ3) is 3.16. The molecule has 0 atom stereocenters. The molecule has 1 saturated carbocycles. The number of halogens is 1. The molecular formula is C10H14BrNO. The van der Waals surface area contributed by atoms with Crippen molar-refractivity contribution in [2.24, 2.45) is 5.92 Å². The molecule has 0 aromatic carbocycles. The lowest BCUT2D eigenvalue weighted by Gasteiger charge is -2.00. The van der Waals surface area contributed by atoms with Gasteiger partial charge in [0.25, 0.3) is 0 Å². The predicted molar refractivity (Wildman–Crippen MR) is 55.5 cm³/mol. The summed E-state index contributed by atoms with van der Waals surface area (Å²) in [6.45, 7) is 1.96. The van der Waals surface area contributed by atoms with Crippen LogP contribution < -0.4 is 5.32 Å². The Morgan fingerprint density at radius 3 is 2.92 bits per heavy atom. The average molecular weight is 244 g/mol. The molecule has 1 heterocycles. The molecule has 1 aromatic heterocycles. The van der Waals surface area contributed by atoms with Crippen molar-refractivity contribution in [2.45, 2.75) is 25.8 Å². The Bertz CT molecular complexity index is 268. The van der Waals surface area contributed by atoms with Crippen molar-refractivity contribution in [1.82, 2.24) is 5.32 Å². The molecule has 0 saturated heterocycles. The van der Waals surface area contributed by atoms with Gasteiger partial charge in [-0.3, -0.25) is 0 Å². The van der Waals surface area contributed by atoms with Crippen LogP contribution in [0.3, 0.4) is 0 Å². The molecule has 0 radical (unpaired) electrons. The summed E-state index contributed by atoms with van der Waals surface area (Å²) in [5, 5.41) is 3.37. The van der Waals surface area contributed by atoms with E-state index in [0.717, 1.165) is 29.4 Å². The normalized spacial score (nSPS) is 16.4. The fourth-order valence-electron chi connectivity index (χ4n) is 1.37. The van der Waals surface area contributed by atoms with Gasteiger partial charge in [0, 0.05) is 0 Å². The van der Waals surface area contributed by atoms with Crippen LogP contribution in [0.4, 0.5) is 0 Å². The SMILES string of the molecule is Brc1ccc(CNCCC2CC2)o1. The van der Waals surface area contributed by atoms with E-state index < -0.39 is 0 Å². The zero-order valence-electron chi connectivity index (χ0n) is 7.55. The molecule has 0 aliphatic heterocycles. The fraction of sp³-hybridized carbons (Fsp3) is 0.600. The number of furan rings is 1. The molecule has 13 heavy (non-hydrogen) atoms. The van der Waals surface area contributed by atoms with Crippen LogP contribution in [0, 0.1) is 5.92 Å². The minimum absolute atomic E-state index is 0.812. The first-order valence-electron chi connectivity index (χ1n) is 4.79. The van der Waals surface area contributed by atoms with Crippen LogP contribution in [0.1, 0.15) is 25.0 Å². The summed E-state index contributed by atoms with van der Waals surface area (Å²) in [6.07, 6.45) is 4.20. The van der Waals surface area contributed by atoms with Gasteiger partial charge in [-0.2, -0.15) is 0 Å². The Balaban J connectivity index is 1.61. The first-order chi connectivity index (χ1) is 6.34. The Kier molecular flexibility index (Phi) is 3.06. The lowest BCUT2D eigenvalue weighted by molar-refractivity contribution is 0.461. The number of hydrogen-bond donors (Lipinski definition) is 1. The van der Waals surface area contributed by atoms with Crippen molar-refractivity contribution in [1.29, 1.82) is 0 Å². The van der Waals surface area contributed by atoms with Gasteiger partial charge in [0.15, 0.2) is 4.67 Å². The topological polar surface area (TPSA) is 25.2 Å². The van der Waals surface area contributed by atoms with Crippen molar-refractivity contribution in [3.8, 4) is 0 Å². The second-order valence-electron chi connectivity index (χ2n) is 3.61. The molecule has 1 aliphatic rings. The molecule has 0 unspecified atom stereocenters. The van der Waals surface area contributed by atoms with Crippen molar-refractivity contribution in [3.05, 3.63) is 22.6 Å². The van der Waals surface area contributed by atoms with E-state index in [1.807, 2.05) is 12.1 Å². The van der Waals surface area contributed by atoms with E-state index in [-0.39, 0.29) is 0 Å². The van der Waals surface area contributed by atoms with Gasteiger partial charge in [0.1, 0.15) is 5.76 Å². The van der Waals surface area contributed by atoms with Gasteiger partial charge in [-0.05, 0) is 46.9 Å². The third-order valence-corrected chi connectivity index (χ3v) is 2.78. The fourth-order valence-corrected chi connectivity index (χ4v) is 1.71. The van der Waals surface area contributed by atoms with Crippen molar-refractivity contribution >= 4 is 15.9 Å². The summed E-state index contributed by atoms with van der Waals surface area (Å²) >= 11 is 3.28. The number of rotatable bonds is 5. The van der Waals surface area contributed by atoms with Gasteiger partial charge in [0.05, 0.1) is 6.54 Å². The van der Waals surface area contributed by atoms with Gasteiger partial charge < -0.3 is 9.73 Å². The van der Waals surface area contributed by atoms with Gasteiger partial charge >= 0.3 is 0 Å². The molecule has 72 valence electrons. The molecule has 0 spiro atoms. The maximum absolute atomic E-state index is 5.36. The van der Waals surface area contributed by atoms with Crippen LogP contribution in [-0.2, 0) is 6.54 Å². The number of hydrogen-bond acceptors (Lipinski definition) is 2. The summed E-state index contributed by atoms with van der Waals surface area (Å²) in [5.74, 6) is 2.01. The molecule has 1 fully saturated rings. The average Bonchev–Trinajstić information content (AvgIpc) is 2.84. The highest BCUT2D eigenvalue weighted by Gasteiger charge is 2.19. The van der Waals surface area contributed by atoms with Crippen LogP contribution in [-0.4, -0.2) is 6.54 Å². The minimum Gasteiger partial charge on any atom is -0.453 e. The summed E-state index contributed by atoms with van der Waals surface area (Å²) in [7, 11) is 0. The first kappa shape index (κ1) is 9.28. The van der Waals surface area contributed by atoms with Crippen molar-refractivity contribution in [3.63, 3.8) is 0 Å². The highest BCUT2D eigenvalue weighted by Crippen LogP contribution is 2.31. The monoisotopic (exact) mass is 243 g/mol. The minimum atomic E-state index is 0.812. The summed E-state index contributed by atoms with van der Waals surface area (Å²) < 4.78 is 6.17. The Morgan fingerprint density at radius 2 is 2.31 bits per heavy atom. The zero-order chi connectivity index (χ0) is 9.10. The molecule has 1 N–H and O–H groups in total. The van der Waals surface area contributed by atoms with E-state index in [1.165, 1.54) is 19.3 Å². The molecule has 3 heteroatoms. The summed E-state index contributed by atoms with van der Waals surface area (Å²) in [4.78, 5) is 0. The molecule has 2 nitrogen and oxygen atoms in total. The van der Waals surface area contributed by atoms with Gasteiger partial charge in [-0.15, -0.1) is 0 Å². The maximum atomic E-state index is 5.36. The molecule has 0 amide bonds. The quantitative estimate of drug-likeness (QED) is 0.805. The third-order valence-electron chi connectivity index (χ3n) is 2.35. The van der Waals surface area contributed by atoms with Gasteiger partial charge in [-0.1, -0.05) is 12.8 Å². The Labute approximate surface area is 86.8 Å². The van der Waals surface area contributed by atoms with Gasteiger partial charge in [0.2, 0.25) is 0 Å². The Morgan fingerprint density at radius 1 is 1.46 bits per heavy atom. The van der Waals surface area contributed by atoms with Crippen molar-refractivity contribution < 1.29 is 4.42 Å². The molecule has 1 aliphatic carbocycles. The van der Waals surface area contributed by atoms with Crippen LogP contribution in [0.15, 0.2) is 21.2 Å². The van der Waals surface area contributed by atoms with E-state index in [2.05, 4.69) is 21.2 Å². The highest BCUT2D eigenvalue weighted by molar-refractivity contribution is 9.10. The lowest BCUT2D eigenvalue weighted by atomic mass is 10.3. The first-order valence-corrected chi connectivity index (χ1v) is 5.59. The second-order valence-corrected chi connectivity index (χ2v) is 4.40. The molecule has 0 bridgehead atoms. The van der Waals surface area contributed by atoms with E-state index >= 15 is 0 Å². The van der Waals surface area contributed by atoms with E-state index in [4.69, 9.17) is 4.42 Å². The van der Waals surface area contributed by atoms with Crippen LogP contribution in [0.5, 0.6) is 0 Å². The van der Waals surface area contributed by atoms with Gasteiger partial charge in [-0.25, -0.2) is 0 Å². The van der Waals surface area contributed by atoms with E-state index in [0.29, 0.717) is 0 Å². The maximum Gasteiger partial charge on any atom is 0.169 e. The summed E-state index contributed by atoms with van der Waals surface area (Å²) in [5.41, 5.74) is 0.